The topological polar surface area (TPSA) is 261 Å². The Bertz CT molecular complexity index is 4920. The van der Waals surface area contributed by atoms with Gasteiger partial charge in [0.15, 0.2) is 0 Å². The number of carbonyl (C=O) groups excluding carboxylic acids is 6. The fourth-order valence-corrected chi connectivity index (χ4v) is 17.8. The molecule has 686 valence electrons. The molecule has 3 heterocycles. The summed E-state index contributed by atoms with van der Waals surface area (Å²) in [5.41, 5.74) is 5.81. The number of nitrogens with zero attached hydrogens (tertiary/aromatic N) is 5. The number of halogens is 9. The van der Waals surface area contributed by atoms with Crippen LogP contribution in [0.1, 0.15) is 258 Å². The van der Waals surface area contributed by atoms with Crippen LogP contribution in [0.5, 0.6) is 17.2 Å². The number of nitrogens with one attached hydrogen (secondary N) is 1. The van der Waals surface area contributed by atoms with Crippen LogP contribution in [0.25, 0.3) is 0 Å². The zero-order chi connectivity index (χ0) is 92.2. The third kappa shape index (κ3) is 24.6. The lowest BCUT2D eigenvalue weighted by Crippen LogP contribution is -2.51. The Labute approximate surface area is 730 Å². The Morgan fingerprint density at radius 1 is 0.429 bits per heavy atom. The van der Waals surface area contributed by atoms with Crippen molar-refractivity contribution in [3.05, 3.63) is 174 Å². The van der Waals surface area contributed by atoms with E-state index >= 15 is 0 Å². The van der Waals surface area contributed by atoms with Crippen molar-refractivity contribution in [2.45, 2.75) is 283 Å². The van der Waals surface area contributed by atoms with Gasteiger partial charge in [0, 0.05) is 50.8 Å². The molecule has 0 unspecified atom stereocenters. The number of methoxy groups -OCH3 is 1. The fourth-order valence-electron chi connectivity index (χ4n) is 17.8. The molecule has 3 N–H and O–H groups in total. The van der Waals surface area contributed by atoms with Gasteiger partial charge in [0.2, 0.25) is 5.91 Å². The third-order valence-electron chi connectivity index (χ3n) is 24.4. The molecule has 0 bridgehead atoms. The van der Waals surface area contributed by atoms with Gasteiger partial charge in [0.1, 0.15) is 60.4 Å². The van der Waals surface area contributed by atoms with Crippen LogP contribution in [0.4, 0.5) is 66.2 Å². The van der Waals surface area contributed by atoms with Gasteiger partial charge in [-0.1, -0.05) is 94.2 Å². The summed E-state index contributed by atoms with van der Waals surface area (Å²) in [5, 5.41) is 21.3. The van der Waals surface area contributed by atoms with Gasteiger partial charge in [-0.3, -0.25) is 38.6 Å². The van der Waals surface area contributed by atoms with E-state index in [1.165, 1.54) is 49.2 Å². The summed E-state index contributed by atoms with van der Waals surface area (Å²) in [6.07, 6.45) is -1.07. The number of fused-ring (bicyclic) bond motifs is 3. The summed E-state index contributed by atoms with van der Waals surface area (Å²) < 4.78 is 159. The molecule has 22 nitrogen and oxygen atoms in total. The predicted molar refractivity (Wildman–Crippen MR) is 456 cm³/mol. The van der Waals surface area contributed by atoms with Crippen molar-refractivity contribution in [3.8, 4) is 17.2 Å². The van der Waals surface area contributed by atoms with Crippen molar-refractivity contribution in [2.75, 3.05) is 62.6 Å². The first-order chi connectivity index (χ1) is 59.3. The van der Waals surface area contributed by atoms with E-state index in [1.807, 2.05) is 20.8 Å². The zero-order valence-electron chi connectivity index (χ0n) is 74.0. The van der Waals surface area contributed by atoms with Crippen LogP contribution in [0.3, 0.4) is 0 Å². The highest BCUT2D eigenvalue weighted by Gasteiger charge is 2.44. The van der Waals surface area contributed by atoms with Crippen molar-refractivity contribution < 1.29 is 117 Å². The molecule has 6 aromatic rings. The molecule has 0 radical (unpaired) electrons. The van der Waals surface area contributed by atoms with E-state index in [4.69, 9.17) is 33.5 Å². The molecular formula is C95H117F9N6O16. The van der Waals surface area contributed by atoms with Crippen LogP contribution < -0.4 is 34.2 Å². The van der Waals surface area contributed by atoms with Crippen LogP contribution in [-0.2, 0) is 101 Å². The molecule has 3 aliphatic heterocycles. The smallest absolute Gasteiger partial charge is 0.416 e. The number of amides is 5. The number of carboxylic acid groups (broad SMARTS) is 2. The van der Waals surface area contributed by atoms with E-state index in [9.17, 15) is 83.0 Å². The zero-order valence-corrected chi connectivity index (χ0v) is 74.0. The van der Waals surface area contributed by atoms with E-state index in [0.29, 0.717) is 100 Å². The number of likely N-dealkylation sites (N-methyl/N-ethyl adjacent to an activating group) is 3. The molecular weight excluding hydrogens is 1650 g/mol. The Hall–Kier alpha value is -10.6. The van der Waals surface area contributed by atoms with Gasteiger partial charge in [0.05, 0.1) is 49.1 Å². The largest absolute Gasteiger partial charge is 0.489 e. The summed E-state index contributed by atoms with van der Waals surface area (Å²) in [6, 6.07) is 20.5. The number of alkyl halides is 9. The highest BCUT2D eigenvalue weighted by atomic mass is 19.4. The SMILES string of the molecule is CN[C@H](CC(=O)O)C(=O)N1CCc2c1ccc(OCc1ccc(C3CCCCC3)c(C(F)(F)F)c1)c2C.COC(=O)C[C@H](C(=O)N1CCc2c1ccc(OCc1ccc(C3CCCCC3)c(C(F)(F)F)c1)c2C)N(C)C(=O)OC(C)(C)C.Cc1c(OCc2ccc(C3CCCCC3)c(C(F)(F)F)c2)ccc2c1CCN2C(=O)[C@@H](CC(=O)O)N(C)C(=O)OC(C)(C)C. The number of ether oxygens (including phenoxy) is 6. The van der Waals surface area contributed by atoms with Gasteiger partial charge in [-0.05, 0) is 266 Å². The minimum atomic E-state index is -4.46. The Balaban J connectivity index is 0.000000198. The number of esters is 1. The maximum Gasteiger partial charge on any atom is 0.416 e. The molecule has 3 saturated carbocycles. The molecule has 3 aliphatic carbocycles. The van der Waals surface area contributed by atoms with Gasteiger partial charge < -0.3 is 58.7 Å². The molecule has 0 spiro atoms. The first kappa shape index (κ1) is 97.6. The molecule has 12 rings (SSSR count). The minimum absolute atomic E-state index is 0.00324. The molecule has 3 atom stereocenters. The number of anilines is 3. The Kier molecular flexibility index (Phi) is 32.1. The average Bonchev–Trinajstić information content (AvgIpc) is 1.58. The Morgan fingerprint density at radius 3 is 0.992 bits per heavy atom. The summed E-state index contributed by atoms with van der Waals surface area (Å²) in [6.45, 7) is 16.6. The Morgan fingerprint density at radius 2 is 0.722 bits per heavy atom. The van der Waals surface area contributed by atoms with Crippen molar-refractivity contribution in [1.82, 2.24) is 15.1 Å². The molecule has 31 heteroatoms. The fraction of sp³-hybridized carbons (Fsp3) is 0.537. The first-order valence-electron chi connectivity index (χ1n) is 43.2. The van der Waals surface area contributed by atoms with Crippen molar-refractivity contribution in [3.63, 3.8) is 0 Å². The number of carboxylic acids is 2. The lowest BCUT2D eigenvalue weighted by molar-refractivity contribution is -0.144. The van der Waals surface area contributed by atoms with E-state index in [2.05, 4.69) is 5.32 Å². The van der Waals surface area contributed by atoms with Crippen LogP contribution >= 0.6 is 0 Å². The number of hydrogen-bond acceptors (Lipinski definition) is 15. The number of carbonyl (C=O) groups is 8. The minimum Gasteiger partial charge on any atom is -0.489 e. The number of aliphatic carboxylic acids is 2. The standard InChI is InChI=1S/C34H43F3N2O6.C33H41F3N2O6.C28H33F3N2O4/c1-21-24-16-17-39(31(41)28(19-30(40)43-6)38(5)32(42)45-33(2,3)4)27(24)14-15-29(21)44-20-22-12-13-25(23-10-8-7-9-11-23)26(18-22)34(35,36)37;1-20-23-15-16-38(30(41)27(18-29(39)40)37(5)31(42)44-32(2,3)4)26(23)13-14-28(20)43-19-21-11-12-24(22-9-7-6-8-10-22)25(17-21)33(34,35)36;1-17-20-12-13-33(27(36)23(32-2)15-26(34)35)24(20)10-11-25(17)37-16-18-8-9-21(19-6-4-3-5-7-19)22(14-18)28(29,30)31/h12-15,18,23,28H,7-11,16-17,19-20H2,1-6H3;11-14,17,22,27H,6-10,15-16,18-19H2,1-5H3,(H,39,40);8-11,14,19,23,32H,3-7,12-13,15-16H2,1-2H3,(H,34,35)/t28-;27-;23-/m111/s1. The normalized spacial score (nSPS) is 16.4. The second-order valence-corrected chi connectivity index (χ2v) is 35.4. The number of rotatable bonds is 24. The monoisotopic (exact) mass is 1770 g/mol. The van der Waals surface area contributed by atoms with Gasteiger partial charge >= 0.3 is 48.6 Å². The van der Waals surface area contributed by atoms with Gasteiger partial charge in [0.25, 0.3) is 11.8 Å². The van der Waals surface area contributed by atoms with Crippen LogP contribution in [0, 0.1) is 20.8 Å². The maximum absolute atomic E-state index is 14.0. The van der Waals surface area contributed by atoms with Gasteiger partial charge in [-0.25, -0.2) is 9.59 Å². The lowest BCUT2D eigenvalue weighted by Gasteiger charge is -2.32. The van der Waals surface area contributed by atoms with Crippen molar-refractivity contribution in [1.29, 1.82) is 0 Å². The van der Waals surface area contributed by atoms with E-state index in [1.54, 1.807) is 126 Å². The highest BCUT2D eigenvalue weighted by Crippen LogP contribution is 2.47. The quantitative estimate of drug-likeness (QED) is 0.0289. The number of benzene rings is 6. The van der Waals surface area contributed by atoms with E-state index in [0.717, 1.165) is 139 Å². The summed E-state index contributed by atoms with van der Waals surface area (Å²) in [7, 11) is 5.51. The second kappa shape index (κ2) is 41.5. The second-order valence-electron chi connectivity index (χ2n) is 35.4. The molecule has 3 fully saturated rings. The summed E-state index contributed by atoms with van der Waals surface area (Å²) >= 11 is 0. The third-order valence-corrected chi connectivity index (χ3v) is 24.4. The molecule has 126 heavy (non-hydrogen) atoms. The molecule has 0 saturated heterocycles. The van der Waals surface area contributed by atoms with Gasteiger partial charge in [-0.2, -0.15) is 39.5 Å². The lowest BCUT2D eigenvalue weighted by atomic mass is 9.81. The van der Waals surface area contributed by atoms with E-state index < -0.39 is 113 Å². The average molecular weight is 1770 g/mol. The van der Waals surface area contributed by atoms with Crippen molar-refractivity contribution >= 4 is 64.9 Å². The van der Waals surface area contributed by atoms with Gasteiger partial charge in [-0.15, -0.1) is 0 Å². The van der Waals surface area contributed by atoms with Crippen molar-refractivity contribution in [2.24, 2.45) is 0 Å². The highest BCUT2D eigenvalue weighted by molar-refractivity contribution is 6.04. The summed E-state index contributed by atoms with van der Waals surface area (Å²) in [4.78, 5) is 107. The summed E-state index contributed by atoms with van der Waals surface area (Å²) in [5.74, 6) is -2.95. The van der Waals surface area contributed by atoms with Crippen LogP contribution in [-0.4, -0.2) is 145 Å². The number of hydrogen-bond donors (Lipinski definition) is 3. The van der Waals surface area contributed by atoms with E-state index in [-0.39, 0.29) is 62.9 Å². The molecule has 6 aliphatic rings. The molecule has 5 amide bonds. The molecule has 0 aromatic heterocycles. The predicted octanol–water partition coefficient (Wildman–Crippen LogP) is 20.2. The first-order valence-corrected chi connectivity index (χ1v) is 43.2. The van der Waals surface area contributed by atoms with Crippen LogP contribution in [0.15, 0.2) is 91.0 Å². The molecule has 6 aromatic carbocycles. The maximum atomic E-state index is 14.0. The van der Waals surface area contributed by atoms with Crippen LogP contribution in [0.2, 0.25) is 0 Å².